The number of nitrogens with zero attached hydrogens (tertiary/aromatic N) is 2. The van der Waals surface area contributed by atoms with Crippen LogP contribution in [-0.4, -0.2) is 42.8 Å². The molecule has 0 aliphatic rings. The van der Waals surface area contributed by atoms with Crippen molar-refractivity contribution in [1.29, 1.82) is 0 Å². The van der Waals surface area contributed by atoms with Gasteiger partial charge in [-0.2, -0.15) is 0 Å². The molecule has 4 aromatic rings. The molecule has 0 aliphatic carbocycles. The molecule has 0 aromatic heterocycles. The maximum Gasteiger partial charge on any atom is 0.150 e. The molecular formula is C33H34F2N2O. The average molecular weight is 513 g/mol. The molecule has 196 valence electrons. The van der Waals surface area contributed by atoms with Crippen LogP contribution in [0.4, 0.5) is 8.78 Å². The third-order valence-electron chi connectivity index (χ3n) is 6.77. The van der Waals surface area contributed by atoms with Crippen LogP contribution < -0.4 is 0 Å². The van der Waals surface area contributed by atoms with Gasteiger partial charge in [-0.3, -0.25) is 4.79 Å². The summed E-state index contributed by atoms with van der Waals surface area (Å²) in [4.78, 5) is 18.5. The van der Waals surface area contributed by atoms with Crippen LogP contribution in [0, 0.1) is 11.6 Å². The second-order valence-corrected chi connectivity index (χ2v) is 9.98. The maximum atomic E-state index is 14.3. The molecule has 38 heavy (non-hydrogen) atoms. The van der Waals surface area contributed by atoms with Gasteiger partial charge in [0.15, 0.2) is 0 Å². The SMILES string of the molecule is CN(Cc1ccccc1)CC(C(=O)C(CN(C)Cc1ccccc1)c1cccc(F)c1)c1cccc(F)c1. The van der Waals surface area contributed by atoms with Gasteiger partial charge in [-0.1, -0.05) is 84.9 Å². The van der Waals surface area contributed by atoms with Gasteiger partial charge in [-0.15, -0.1) is 0 Å². The molecule has 5 heteroatoms. The van der Waals surface area contributed by atoms with Crippen molar-refractivity contribution >= 4 is 5.78 Å². The second kappa shape index (κ2) is 13.2. The fourth-order valence-electron chi connectivity index (χ4n) is 4.95. The van der Waals surface area contributed by atoms with Crippen molar-refractivity contribution in [2.24, 2.45) is 0 Å². The minimum Gasteiger partial charge on any atom is -0.301 e. The summed E-state index contributed by atoms with van der Waals surface area (Å²) in [5.74, 6) is -1.99. The Morgan fingerprint density at radius 1 is 0.605 bits per heavy atom. The van der Waals surface area contributed by atoms with Gasteiger partial charge in [-0.25, -0.2) is 8.78 Å². The Kier molecular flexibility index (Phi) is 9.52. The standard InChI is InChI=1S/C33H34F2N2O/c1-36(21-25-11-5-3-6-12-25)23-31(27-15-9-17-29(34)19-27)33(38)32(28-16-10-18-30(35)20-28)24-37(2)22-26-13-7-4-8-14-26/h3-20,31-32H,21-24H2,1-2H3. The van der Waals surface area contributed by atoms with Gasteiger partial charge in [0.1, 0.15) is 17.4 Å². The van der Waals surface area contributed by atoms with Crippen LogP contribution in [0.5, 0.6) is 0 Å². The van der Waals surface area contributed by atoms with E-state index < -0.39 is 11.8 Å². The van der Waals surface area contributed by atoms with Gasteiger partial charge in [0, 0.05) is 26.2 Å². The largest absolute Gasteiger partial charge is 0.301 e. The summed E-state index contributed by atoms with van der Waals surface area (Å²) in [5, 5.41) is 0. The van der Waals surface area contributed by atoms with Gasteiger partial charge >= 0.3 is 0 Å². The topological polar surface area (TPSA) is 23.6 Å². The molecule has 0 heterocycles. The molecule has 0 spiro atoms. The number of ketones is 1. The van der Waals surface area contributed by atoms with E-state index in [2.05, 4.69) is 9.80 Å². The molecule has 0 fully saturated rings. The van der Waals surface area contributed by atoms with Gasteiger partial charge in [0.05, 0.1) is 11.8 Å². The quantitative estimate of drug-likeness (QED) is 0.212. The molecule has 0 bridgehead atoms. The minimum absolute atomic E-state index is 0.0546. The van der Waals surface area contributed by atoms with E-state index in [0.29, 0.717) is 37.3 Å². The van der Waals surface area contributed by atoms with Crippen LogP contribution >= 0.6 is 0 Å². The number of benzene rings is 4. The molecule has 2 unspecified atom stereocenters. The number of likely N-dealkylation sites (N-methyl/N-ethyl adjacent to an activating group) is 2. The molecule has 2 atom stereocenters. The van der Waals surface area contributed by atoms with E-state index in [1.54, 1.807) is 24.3 Å². The summed E-state index contributed by atoms with van der Waals surface area (Å²) >= 11 is 0. The molecule has 4 aromatic carbocycles. The Morgan fingerprint density at radius 3 is 1.37 bits per heavy atom. The predicted molar refractivity (Wildman–Crippen MR) is 149 cm³/mol. The Hall–Kier alpha value is -3.67. The highest BCUT2D eigenvalue weighted by Gasteiger charge is 2.31. The van der Waals surface area contributed by atoms with Crippen LogP contribution in [0.3, 0.4) is 0 Å². The normalized spacial score (nSPS) is 13.0. The van der Waals surface area contributed by atoms with Crippen molar-refractivity contribution in [3.8, 4) is 0 Å². The fraction of sp³-hybridized carbons (Fsp3) is 0.242. The molecule has 4 rings (SSSR count). The number of carbonyl (C=O) groups excluding carboxylic acids is 1. The molecular weight excluding hydrogens is 478 g/mol. The first-order chi connectivity index (χ1) is 18.4. The lowest BCUT2D eigenvalue weighted by atomic mass is 9.82. The number of rotatable bonds is 12. The highest BCUT2D eigenvalue weighted by Crippen LogP contribution is 2.30. The Bertz CT molecular complexity index is 1210. The van der Waals surface area contributed by atoms with Gasteiger partial charge in [-0.05, 0) is 60.6 Å². The summed E-state index contributed by atoms with van der Waals surface area (Å²) in [6.07, 6.45) is 0. The fourth-order valence-corrected chi connectivity index (χ4v) is 4.95. The molecule has 0 amide bonds. The van der Waals surface area contributed by atoms with Gasteiger partial charge in [0.2, 0.25) is 0 Å². The van der Waals surface area contributed by atoms with E-state index in [1.165, 1.54) is 24.3 Å². The number of hydrogen-bond acceptors (Lipinski definition) is 3. The van der Waals surface area contributed by atoms with E-state index >= 15 is 0 Å². The van der Waals surface area contributed by atoms with E-state index in [-0.39, 0.29) is 17.4 Å². The van der Waals surface area contributed by atoms with Crippen molar-refractivity contribution in [2.45, 2.75) is 24.9 Å². The summed E-state index contributed by atoms with van der Waals surface area (Å²) < 4.78 is 28.6. The Labute approximate surface area is 224 Å². The molecule has 0 aliphatic heterocycles. The van der Waals surface area contributed by atoms with Crippen molar-refractivity contribution < 1.29 is 13.6 Å². The highest BCUT2D eigenvalue weighted by molar-refractivity contribution is 5.92. The molecule has 3 nitrogen and oxygen atoms in total. The zero-order valence-corrected chi connectivity index (χ0v) is 21.9. The maximum absolute atomic E-state index is 14.3. The lowest BCUT2D eigenvalue weighted by molar-refractivity contribution is -0.122. The summed E-state index contributed by atoms with van der Waals surface area (Å²) in [6.45, 7) is 2.12. The van der Waals surface area contributed by atoms with Crippen LogP contribution in [-0.2, 0) is 17.9 Å². The van der Waals surface area contributed by atoms with Crippen molar-refractivity contribution in [2.75, 3.05) is 27.2 Å². The predicted octanol–water partition coefficient (Wildman–Crippen LogP) is 6.67. The molecule has 0 radical (unpaired) electrons. The molecule has 0 saturated carbocycles. The summed E-state index contributed by atoms with van der Waals surface area (Å²) in [6, 6.07) is 32.6. The van der Waals surface area contributed by atoms with Crippen molar-refractivity contribution in [3.63, 3.8) is 0 Å². The minimum atomic E-state index is -0.585. The summed E-state index contributed by atoms with van der Waals surface area (Å²) in [7, 11) is 3.93. The van der Waals surface area contributed by atoms with Crippen molar-refractivity contribution in [1.82, 2.24) is 9.80 Å². The highest BCUT2D eigenvalue weighted by atomic mass is 19.1. The zero-order valence-electron chi connectivity index (χ0n) is 21.9. The first kappa shape index (κ1) is 27.4. The monoisotopic (exact) mass is 512 g/mol. The first-order valence-corrected chi connectivity index (χ1v) is 12.9. The zero-order chi connectivity index (χ0) is 26.9. The van der Waals surface area contributed by atoms with Crippen LogP contribution in [0.1, 0.15) is 34.1 Å². The molecule has 0 N–H and O–H groups in total. The third kappa shape index (κ3) is 7.67. The van der Waals surface area contributed by atoms with E-state index in [1.807, 2.05) is 74.8 Å². The van der Waals surface area contributed by atoms with E-state index in [4.69, 9.17) is 0 Å². The number of halogens is 2. The number of carbonyl (C=O) groups is 1. The number of hydrogen-bond donors (Lipinski definition) is 0. The van der Waals surface area contributed by atoms with Crippen molar-refractivity contribution in [3.05, 3.63) is 143 Å². The van der Waals surface area contributed by atoms with Gasteiger partial charge in [0.25, 0.3) is 0 Å². The second-order valence-electron chi connectivity index (χ2n) is 9.98. The first-order valence-electron chi connectivity index (χ1n) is 12.9. The Balaban J connectivity index is 1.64. The van der Waals surface area contributed by atoms with E-state index in [0.717, 1.165) is 11.1 Å². The van der Waals surface area contributed by atoms with Crippen LogP contribution in [0.15, 0.2) is 109 Å². The summed E-state index contributed by atoms with van der Waals surface area (Å²) in [5.41, 5.74) is 3.51. The van der Waals surface area contributed by atoms with E-state index in [9.17, 15) is 13.6 Å². The smallest absolute Gasteiger partial charge is 0.150 e. The lowest BCUT2D eigenvalue weighted by Crippen LogP contribution is -2.36. The number of Topliss-reactive ketones (excluding diaryl/α,β-unsaturated/α-hetero) is 1. The van der Waals surface area contributed by atoms with Crippen LogP contribution in [0.2, 0.25) is 0 Å². The molecule has 0 saturated heterocycles. The van der Waals surface area contributed by atoms with Crippen LogP contribution in [0.25, 0.3) is 0 Å². The third-order valence-corrected chi connectivity index (χ3v) is 6.77. The lowest BCUT2D eigenvalue weighted by Gasteiger charge is -2.30. The Morgan fingerprint density at radius 2 is 1.00 bits per heavy atom. The van der Waals surface area contributed by atoms with Gasteiger partial charge < -0.3 is 9.80 Å². The average Bonchev–Trinajstić information content (AvgIpc) is 2.91.